The quantitative estimate of drug-likeness (QED) is 0.111. The van der Waals surface area contributed by atoms with E-state index in [-0.39, 0.29) is 37.2 Å². The number of unbranched alkanes of at least 4 members (excludes halogenated alkanes) is 1. The molecule has 3 aromatic rings. The Bertz CT molecular complexity index is 2100. The number of aliphatic hydroxyl groups excluding tert-OH is 1. The molecule has 0 aliphatic carbocycles. The van der Waals surface area contributed by atoms with Crippen molar-refractivity contribution in [3.05, 3.63) is 66.6 Å². The molecular weight excluding hydrogens is 833 g/mol. The standard InChI is InChI=1S/C50H72N4O11/c1-12-39-50(8)44(54(48(59)65-50)25-18-17-24-53-26-22-35-19-13-14-21-37(35)53)32(4)41(56)30(2)29-49(7,60-11)45(64-47-42(57)38(52(9)10)27-31(3)61-47)33(5)43(34(6)46(58)62-39)63-40(55)28-36-20-15-16-23-51-36/h13-16,19-23,26,30-34,38-39,42-45,47,57H,12,17-18,24-25,27-29H2,1-11H3/t30?,31-,32?,33?,34?,38+,39?,42-,43?,44?,45?,47?,49?,50?/m1/s1. The molecule has 15 nitrogen and oxygen atoms in total. The zero-order valence-electron chi connectivity index (χ0n) is 40.2. The first-order valence-corrected chi connectivity index (χ1v) is 23.4. The molecule has 0 radical (unpaired) electrons. The van der Waals surface area contributed by atoms with E-state index in [0.29, 0.717) is 25.1 Å². The van der Waals surface area contributed by atoms with Crippen LogP contribution in [0.3, 0.4) is 0 Å². The lowest BCUT2D eigenvalue weighted by Crippen LogP contribution is -2.61. The first kappa shape index (κ1) is 50.0. The Labute approximate surface area is 384 Å². The van der Waals surface area contributed by atoms with E-state index in [1.807, 2.05) is 65.7 Å². The fourth-order valence-corrected chi connectivity index (χ4v) is 10.8. The number of ketones is 1. The highest BCUT2D eigenvalue weighted by molar-refractivity contribution is 5.85. The number of likely N-dealkylation sites (N-methyl/N-ethyl adjacent to an activating group) is 1. The molecule has 1 aromatic carbocycles. The van der Waals surface area contributed by atoms with Gasteiger partial charge < -0.3 is 47.9 Å². The van der Waals surface area contributed by atoms with Gasteiger partial charge >= 0.3 is 18.0 Å². The van der Waals surface area contributed by atoms with Crippen molar-refractivity contribution in [2.45, 2.75) is 161 Å². The highest BCUT2D eigenvalue weighted by atomic mass is 16.7. The van der Waals surface area contributed by atoms with Gasteiger partial charge in [0.2, 0.25) is 0 Å². The molecule has 3 saturated heterocycles. The van der Waals surface area contributed by atoms with Gasteiger partial charge in [-0.2, -0.15) is 0 Å². The SMILES string of the molecule is CCC1OC(=O)C(C)C(OC(=O)Cc2ccccn2)C(C)C(OC2O[C@H](C)C[C@H](N(C)C)[C@H]2O)C(C)(OC)CC(C)C(=O)C(C)C2N(CCCCn3ccc4ccccc43)C(=O)OC12C. The van der Waals surface area contributed by atoms with Gasteiger partial charge in [0, 0.05) is 61.9 Å². The van der Waals surface area contributed by atoms with Gasteiger partial charge in [0.25, 0.3) is 0 Å². The molecule has 0 saturated carbocycles. The van der Waals surface area contributed by atoms with Gasteiger partial charge in [-0.3, -0.25) is 19.4 Å². The number of pyridine rings is 1. The number of aryl methyl sites for hydroxylation is 1. The van der Waals surface area contributed by atoms with Gasteiger partial charge in [0.05, 0.1) is 41.9 Å². The van der Waals surface area contributed by atoms with Crippen LogP contribution < -0.4 is 0 Å². The number of esters is 2. The lowest BCUT2D eigenvalue weighted by molar-refractivity contribution is -0.301. The molecule has 6 rings (SSSR count). The van der Waals surface area contributed by atoms with Crippen molar-refractivity contribution in [2.75, 3.05) is 27.7 Å². The monoisotopic (exact) mass is 905 g/mol. The number of fused-ring (bicyclic) bond motifs is 2. The summed E-state index contributed by atoms with van der Waals surface area (Å²) in [7, 11) is 5.30. The maximum absolute atomic E-state index is 15.0. The fourth-order valence-electron chi connectivity index (χ4n) is 10.8. The topological polar surface area (TPSA) is 168 Å². The molecule has 15 heteroatoms. The molecule has 11 unspecified atom stereocenters. The number of benzene rings is 1. The van der Waals surface area contributed by atoms with Gasteiger partial charge in [0.1, 0.15) is 24.1 Å². The predicted octanol–water partition coefficient (Wildman–Crippen LogP) is 6.61. The number of carbonyl (C=O) groups excluding carboxylic acids is 4. The van der Waals surface area contributed by atoms with Crippen LogP contribution in [-0.4, -0.2) is 136 Å². The number of rotatable bonds is 13. The number of aromatic nitrogens is 2. The minimum absolute atomic E-state index is 0.130. The molecular formula is C50H72N4O11. The van der Waals surface area contributed by atoms with Crippen LogP contribution in [0.5, 0.6) is 0 Å². The zero-order valence-corrected chi connectivity index (χ0v) is 40.2. The molecule has 2 aromatic heterocycles. The number of methoxy groups -OCH3 is 1. The van der Waals surface area contributed by atoms with Crippen molar-refractivity contribution in [3.8, 4) is 0 Å². The number of ether oxygens (including phenoxy) is 6. The van der Waals surface area contributed by atoms with E-state index >= 15 is 4.79 Å². The number of amides is 1. The predicted molar refractivity (Wildman–Crippen MR) is 244 cm³/mol. The third kappa shape index (κ3) is 10.8. The molecule has 3 fully saturated rings. The molecule has 0 bridgehead atoms. The number of cyclic esters (lactones) is 1. The Balaban J connectivity index is 1.37. The number of hydrogen-bond acceptors (Lipinski definition) is 13. The van der Waals surface area contributed by atoms with Gasteiger partial charge in [0.15, 0.2) is 11.9 Å². The van der Waals surface area contributed by atoms with Crippen molar-refractivity contribution in [1.29, 1.82) is 0 Å². The average Bonchev–Trinajstić information content (AvgIpc) is 3.81. The molecule has 0 spiro atoms. The van der Waals surface area contributed by atoms with Crippen LogP contribution in [0.2, 0.25) is 0 Å². The molecule has 1 N–H and O–H groups in total. The second-order valence-electron chi connectivity index (χ2n) is 19.3. The van der Waals surface area contributed by atoms with Crippen LogP contribution in [0, 0.1) is 23.7 Å². The van der Waals surface area contributed by atoms with E-state index in [9.17, 15) is 19.5 Å². The van der Waals surface area contributed by atoms with Gasteiger partial charge in [-0.1, -0.05) is 52.0 Å². The van der Waals surface area contributed by atoms with Crippen molar-refractivity contribution in [2.24, 2.45) is 23.7 Å². The van der Waals surface area contributed by atoms with Crippen LogP contribution >= 0.6 is 0 Å². The molecule has 1 amide bonds. The van der Waals surface area contributed by atoms with Gasteiger partial charge in [-0.15, -0.1) is 0 Å². The Morgan fingerprint density at radius 3 is 2.35 bits per heavy atom. The summed E-state index contributed by atoms with van der Waals surface area (Å²) < 4.78 is 40.8. The number of nitrogens with zero attached hydrogens (tertiary/aromatic N) is 4. The van der Waals surface area contributed by atoms with Gasteiger partial charge in [-0.05, 0) is 104 Å². The normalized spacial score (nSPS) is 35.1. The number of Topliss-reactive ketones (excluding diaryl/α,β-unsaturated/α-hetero) is 1. The van der Waals surface area contributed by atoms with Crippen molar-refractivity contribution >= 4 is 34.7 Å². The molecule has 3 aliphatic rings. The highest BCUT2D eigenvalue weighted by Gasteiger charge is 2.60. The Morgan fingerprint density at radius 2 is 1.68 bits per heavy atom. The number of aliphatic hydroxyl groups is 1. The summed E-state index contributed by atoms with van der Waals surface area (Å²) in [5.74, 6) is -4.76. The van der Waals surface area contributed by atoms with Crippen LogP contribution in [0.25, 0.3) is 10.9 Å². The van der Waals surface area contributed by atoms with Crippen LogP contribution in [-0.2, 0) is 55.8 Å². The average molecular weight is 905 g/mol. The second-order valence-corrected chi connectivity index (χ2v) is 19.3. The lowest BCUT2D eigenvalue weighted by atomic mass is 9.73. The summed E-state index contributed by atoms with van der Waals surface area (Å²) in [6, 6.07) is 14.4. The summed E-state index contributed by atoms with van der Waals surface area (Å²) in [5, 5.41) is 12.9. The van der Waals surface area contributed by atoms with Crippen LogP contribution in [0.4, 0.5) is 4.79 Å². The lowest BCUT2D eigenvalue weighted by Gasteiger charge is -2.48. The summed E-state index contributed by atoms with van der Waals surface area (Å²) in [6.45, 7) is 15.5. The zero-order chi connectivity index (χ0) is 47.4. The Hall–Kier alpha value is -4.41. The number of carbonyl (C=O) groups is 4. The Morgan fingerprint density at radius 1 is 0.969 bits per heavy atom. The van der Waals surface area contributed by atoms with E-state index in [1.165, 1.54) is 7.11 Å². The maximum Gasteiger partial charge on any atom is 0.410 e. The number of para-hydroxylation sites is 1. The van der Waals surface area contributed by atoms with Crippen LogP contribution in [0.1, 0.15) is 93.2 Å². The fraction of sp³-hybridized carbons (Fsp3) is 0.660. The second kappa shape index (κ2) is 21.0. The van der Waals surface area contributed by atoms with E-state index in [0.717, 1.165) is 23.9 Å². The molecule has 65 heavy (non-hydrogen) atoms. The first-order valence-electron chi connectivity index (χ1n) is 23.4. The molecule has 5 heterocycles. The van der Waals surface area contributed by atoms with Crippen molar-refractivity contribution in [1.82, 2.24) is 19.4 Å². The first-order chi connectivity index (χ1) is 30.8. The van der Waals surface area contributed by atoms with E-state index in [2.05, 4.69) is 33.9 Å². The Kier molecular flexibility index (Phi) is 16.2. The molecule has 358 valence electrons. The van der Waals surface area contributed by atoms with Crippen LogP contribution in [0.15, 0.2) is 60.9 Å². The van der Waals surface area contributed by atoms with Crippen molar-refractivity contribution in [3.63, 3.8) is 0 Å². The summed E-state index contributed by atoms with van der Waals surface area (Å²) in [6.07, 6.45) is -0.418. The highest BCUT2D eigenvalue weighted by Crippen LogP contribution is 2.44. The molecule has 3 aliphatic heterocycles. The third-order valence-corrected chi connectivity index (χ3v) is 14.4. The summed E-state index contributed by atoms with van der Waals surface area (Å²) in [5.41, 5.74) is -1.09. The van der Waals surface area contributed by atoms with Crippen molar-refractivity contribution < 1.29 is 52.7 Å². The van der Waals surface area contributed by atoms with E-state index in [4.69, 9.17) is 28.4 Å². The van der Waals surface area contributed by atoms with E-state index in [1.54, 1.807) is 50.1 Å². The van der Waals surface area contributed by atoms with E-state index < -0.39 is 89.7 Å². The minimum atomic E-state index is -1.42. The van der Waals surface area contributed by atoms with Gasteiger partial charge in [-0.25, -0.2) is 4.79 Å². The largest absolute Gasteiger partial charge is 0.461 e. The molecule has 14 atom stereocenters. The summed E-state index contributed by atoms with van der Waals surface area (Å²) in [4.78, 5) is 65.6. The number of hydrogen-bond donors (Lipinski definition) is 1. The summed E-state index contributed by atoms with van der Waals surface area (Å²) >= 11 is 0. The maximum atomic E-state index is 15.0. The smallest absolute Gasteiger partial charge is 0.410 e. The third-order valence-electron chi connectivity index (χ3n) is 14.4. The minimum Gasteiger partial charge on any atom is -0.461 e.